The number of benzene rings is 2. The van der Waals surface area contributed by atoms with E-state index >= 15 is 0 Å². The second-order valence-electron chi connectivity index (χ2n) is 7.55. The number of thioether (sulfide) groups is 1. The van der Waals surface area contributed by atoms with Crippen LogP contribution in [0, 0.1) is 11.3 Å². The molecule has 1 N–H and O–H groups in total. The third-order valence-corrected chi connectivity index (χ3v) is 6.97. The average molecular weight is 381 g/mol. The van der Waals surface area contributed by atoms with E-state index in [2.05, 4.69) is 12.1 Å². The van der Waals surface area contributed by atoms with Gasteiger partial charge in [-0.15, -0.1) is 11.8 Å². The van der Waals surface area contributed by atoms with Crippen molar-refractivity contribution in [1.29, 1.82) is 0 Å². The summed E-state index contributed by atoms with van der Waals surface area (Å²) in [7, 11) is 0. The van der Waals surface area contributed by atoms with Crippen LogP contribution in [-0.4, -0.2) is 35.0 Å². The van der Waals surface area contributed by atoms with Crippen molar-refractivity contribution < 1.29 is 14.7 Å². The second-order valence-corrected chi connectivity index (χ2v) is 8.60. The van der Waals surface area contributed by atoms with Crippen LogP contribution in [0.5, 0.6) is 0 Å². The van der Waals surface area contributed by atoms with Gasteiger partial charge in [0.15, 0.2) is 0 Å². The lowest BCUT2D eigenvalue weighted by atomic mass is 9.90. The smallest absolute Gasteiger partial charge is 0.307 e. The molecule has 1 amide bonds. The first-order valence-corrected chi connectivity index (χ1v) is 10.3. The van der Waals surface area contributed by atoms with Crippen LogP contribution >= 0.6 is 11.8 Å². The maximum Gasteiger partial charge on any atom is 0.307 e. The SMILES string of the molecule is O=C(O)C1CC12CCN(C(=O)c1ccc(CSc3ccccc3)cc1)CC2. The molecule has 1 spiro atoms. The number of hydrogen-bond acceptors (Lipinski definition) is 3. The van der Waals surface area contributed by atoms with Crippen molar-refractivity contribution in [2.45, 2.75) is 29.9 Å². The summed E-state index contributed by atoms with van der Waals surface area (Å²) in [4.78, 5) is 27.0. The lowest BCUT2D eigenvalue weighted by Gasteiger charge is -2.32. The van der Waals surface area contributed by atoms with Crippen LogP contribution in [0.2, 0.25) is 0 Å². The number of aliphatic carboxylic acids is 1. The van der Waals surface area contributed by atoms with Crippen molar-refractivity contribution in [3.8, 4) is 0 Å². The molecule has 0 aromatic heterocycles. The van der Waals surface area contributed by atoms with Gasteiger partial charge < -0.3 is 10.0 Å². The minimum absolute atomic E-state index is 0.0405. The summed E-state index contributed by atoms with van der Waals surface area (Å²) in [6, 6.07) is 18.1. The Morgan fingerprint density at radius 2 is 1.70 bits per heavy atom. The number of nitrogens with zero attached hydrogens (tertiary/aromatic N) is 1. The van der Waals surface area contributed by atoms with Gasteiger partial charge in [-0.3, -0.25) is 9.59 Å². The Bertz CT molecular complexity index is 826. The van der Waals surface area contributed by atoms with E-state index in [0.29, 0.717) is 18.7 Å². The summed E-state index contributed by atoms with van der Waals surface area (Å²) in [5.74, 6) is 0.0518. The molecule has 140 valence electrons. The molecule has 0 bridgehead atoms. The van der Waals surface area contributed by atoms with Gasteiger partial charge in [0.1, 0.15) is 0 Å². The van der Waals surface area contributed by atoms with Gasteiger partial charge in [-0.1, -0.05) is 30.3 Å². The van der Waals surface area contributed by atoms with Crippen molar-refractivity contribution in [2.24, 2.45) is 11.3 Å². The van der Waals surface area contributed by atoms with Crippen molar-refractivity contribution in [3.63, 3.8) is 0 Å². The molecule has 1 saturated carbocycles. The van der Waals surface area contributed by atoms with Gasteiger partial charge >= 0.3 is 5.97 Å². The van der Waals surface area contributed by atoms with Gasteiger partial charge in [-0.25, -0.2) is 0 Å². The van der Waals surface area contributed by atoms with E-state index in [1.165, 1.54) is 10.5 Å². The summed E-state index contributed by atoms with van der Waals surface area (Å²) >= 11 is 1.78. The van der Waals surface area contributed by atoms with Gasteiger partial charge in [0.05, 0.1) is 5.92 Å². The number of likely N-dealkylation sites (tertiary alicyclic amines) is 1. The first kappa shape index (κ1) is 18.1. The highest BCUT2D eigenvalue weighted by Crippen LogP contribution is 2.59. The van der Waals surface area contributed by atoms with E-state index in [4.69, 9.17) is 0 Å². The molecule has 1 aliphatic carbocycles. The highest BCUT2D eigenvalue weighted by Gasteiger charge is 2.59. The summed E-state index contributed by atoms with van der Waals surface area (Å²) < 4.78 is 0. The Hall–Kier alpha value is -2.27. The van der Waals surface area contributed by atoms with E-state index in [1.54, 1.807) is 11.8 Å². The fourth-order valence-corrected chi connectivity index (χ4v) is 4.89. The van der Waals surface area contributed by atoms with Crippen molar-refractivity contribution in [1.82, 2.24) is 4.90 Å². The molecule has 5 heteroatoms. The number of piperidine rings is 1. The monoisotopic (exact) mass is 381 g/mol. The summed E-state index contributed by atoms with van der Waals surface area (Å²) in [6.07, 6.45) is 2.39. The largest absolute Gasteiger partial charge is 0.481 e. The molecule has 1 aliphatic heterocycles. The van der Waals surface area contributed by atoms with Gasteiger partial charge in [0.2, 0.25) is 0 Å². The van der Waals surface area contributed by atoms with Gasteiger partial charge in [-0.05, 0) is 54.5 Å². The number of rotatable bonds is 5. The molecule has 1 unspecified atom stereocenters. The molecule has 2 fully saturated rings. The molecule has 4 nitrogen and oxygen atoms in total. The van der Waals surface area contributed by atoms with Crippen LogP contribution in [0.4, 0.5) is 0 Å². The minimum atomic E-state index is -0.682. The highest BCUT2D eigenvalue weighted by molar-refractivity contribution is 7.98. The lowest BCUT2D eigenvalue weighted by Crippen LogP contribution is -2.40. The number of carboxylic acid groups (broad SMARTS) is 1. The molecule has 2 aliphatic rings. The van der Waals surface area contributed by atoms with Crippen molar-refractivity contribution >= 4 is 23.6 Å². The van der Waals surface area contributed by atoms with Gasteiger partial charge in [-0.2, -0.15) is 0 Å². The summed E-state index contributed by atoms with van der Waals surface area (Å²) in [6.45, 7) is 1.32. The zero-order chi connectivity index (χ0) is 18.9. The van der Waals surface area contributed by atoms with Crippen LogP contribution in [0.3, 0.4) is 0 Å². The first-order valence-electron chi connectivity index (χ1n) is 9.36. The molecule has 1 atom stereocenters. The summed E-state index contributed by atoms with van der Waals surface area (Å²) in [5.41, 5.74) is 1.87. The van der Waals surface area contributed by atoms with Crippen LogP contribution in [0.25, 0.3) is 0 Å². The number of carboxylic acids is 1. The quantitative estimate of drug-likeness (QED) is 0.785. The van der Waals surface area contributed by atoms with E-state index in [1.807, 2.05) is 47.4 Å². The molecule has 2 aromatic rings. The zero-order valence-corrected chi connectivity index (χ0v) is 16.0. The predicted octanol–water partition coefficient (Wildman–Crippen LogP) is 4.31. The molecular formula is C22H23NO3S. The number of carbonyl (C=O) groups is 2. The minimum Gasteiger partial charge on any atom is -0.481 e. The average Bonchev–Trinajstić information content (AvgIpc) is 3.41. The van der Waals surface area contributed by atoms with Gasteiger partial charge in [0.25, 0.3) is 5.91 Å². The molecule has 1 saturated heterocycles. The third-order valence-electron chi connectivity index (χ3n) is 5.88. The zero-order valence-electron chi connectivity index (χ0n) is 15.1. The molecule has 0 radical (unpaired) electrons. The Labute approximate surface area is 163 Å². The van der Waals surface area contributed by atoms with Crippen LogP contribution < -0.4 is 0 Å². The van der Waals surface area contributed by atoms with Crippen LogP contribution in [-0.2, 0) is 10.5 Å². The third kappa shape index (κ3) is 3.88. The molecule has 2 aromatic carbocycles. The Kier molecular flexibility index (Phi) is 4.96. The van der Waals surface area contributed by atoms with Crippen LogP contribution in [0.15, 0.2) is 59.5 Å². The van der Waals surface area contributed by atoms with E-state index < -0.39 is 5.97 Å². The maximum atomic E-state index is 12.7. The molecule has 27 heavy (non-hydrogen) atoms. The normalized spacial score (nSPS) is 20.4. The predicted molar refractivity (Wildman–Crippen MR) is 106 cm³/mol. The lowest BCUT2D eigenvalue weighted by molar-refractivity contribution is -0.139. The van der Waals surface area contributed by atoms with Crippen molar-refractivity contribution in [3.05, 3.63) is 65.7 Å². The number of carbonyl (C=O) groups excluding carboxylic acids is 1. The summed E-state index contributed by atoms with van der Waals surface area (Å²) in [5, 5.41) is 9.18. The highest BCUT2D eigenvalue weighted by atomic mass is 32.2. The maximum absolute atomic E-state index is 12.7. The fraction of sp³-hybridized carbons (Fsp3) is 0.364. The topological polar surface area (TPSA) is 57.6 Å². The standard InChI is InChI=1S/C22H23NO3S/c24-20(23-12-10-22(11-13-23)14-19(22)21(25)26)17-8-6-16(7-9-17)15-27-18-4-2-1-3-5-18/h1-9,19H,10-15H2,(H,25,26). The van der Waals surface area contributed by atoms with Crippen molar-refractivity contribution in [2.75, 3.05) is 13.1 Å². The van der Waals surface area contributed by atoms with Gasteiger partial charge in [0, 0.05) is 29.3 Å². The van der Waals surface area contributed by atoms with Crippen LogP contribution in [0.1, 0.15) is 35.2 Å². The fourth-order valence-electron chi connectivity index (χ4n) is 4.01. The molecule has 4 rings (SSSR count). The second kappa shape index (κ2) is 7.39. The Balaban J connectivity index is 1.31. The molecule has 1 heterocycles. The van der Waals surface area contributed by atoms with E-state index in [0.717, 1.165) is 25.0 Å². The number of amides is 1. The van der Waals surface area contributed by atoms with E-state index in [-0.39, 0.29) is 17.2 Å². The Morgan fingerprint density at radius 1 is 1.04 bits per heavy atom. The van der Waals surface area contributed by atoms with E-state index in [9.17, 15) is 14.7 Å². The number of hydrogen-bond donors (Lipinski definition) is 1. The first-order chi connectivity index (χ1) is 13.1. The Morgan fingerprint density at radius 3 is 2.30 bits per heavy atom. The molecular weight excluding hydrogens is 358 g/mol.